The molecule has 0 saturated heterocycles. The number of benzene rings is 1. The molecule has 4 N–H and O–H groups in total. The third-order valence-electron chi connectivity index (χ3n) is 4.51. The number of H-pyrrole nitrogens is 1. The number of fused-ring (bicyclic) bond motifs is 1. The van der Waals surface area contributed by atoms with Crippen molar-refractivity contribution in [2.45, 2.75) is 13.0 Å². The SMILES string of the molecule is O=C(/C=C/c1ccc(CN(CCO)CCc2cnc3[nH]ccc3c2)cc1)NO. The largest absolute Gasteiger partial charge is 0.395 e. The summed E-state index contributed by atoms with van der Waals surface area (Å²) in [5.41, 5.74) is 5.60. The van der Waals surface area contributed by atoms with Crippen LogP contribution in [-0.2, 0) is 17.8 Å². The molecule has 0 aliphatic rings. The molecular formula is C21H24N4O3. The van der Waals surface area contributed by atoms with Crippen LogP contribution >= 0.6 is 0 Å². The number of carbonyl (C=O) groups excluding carboxylic acids is 1. The smallest absolute Gasteiger partial charge is 0.267 e. The van der Waals surface area contributed by atoms with E-state index < -0.39 is 5.91 Å². The molecule has 0 atom stereocenters. The minimum absolute atomic E-state index is 0.103. The number of aliphatic hydroxyl groups is 1. The summed E-state index contributed by atoms with van der Waals surface area (Å²) in [4.78, 5) is 20.7. The van der Waals surface area contributed by atoms with Crippen LogP contribution in [0.5, 0.6) is 0 Å². The Morgan fingerprint density at radius 3 is 2.75 bits per heavy atom. The van der Waals surface area contributed by atoms with Crippen LogP contribution in [0.25, 0.3) is 17.1 Å². The molecule has 1 aromatic carbocycles. The number of pyridine rings is 1. The Morgan fingerprint density at radius 1 is 1.18 bits per heavy atom. The van der Waals surface area contributed by atoms with Gasteiger partial charge in [0.15, 0.2) is 0 Å². The van der Waals surface area contributed by atoms with E-state index in [-0.39, 0.29) is 6.61 Å². The predicted octanol–water partition coefficient (Wildman–Crippen LogP) is 2.12. The molecule has 0 aliphatic heterocycles. The Balaban J connectivity index is 1.59. The number of aliphatic hydroxyl groups excluding tert-OH is 1. The molecule has 7 heteroatoms. The highest BCUT2D eigenvalue weighted by Crippen LogP contribution is 2.13. The van der Waals surface area contributed by atoms with Gasteiger partial charge in [-0.2, -0.15) is 0 Å². The van der Waals surface area contributed by atoms with Crippen LogP contribution in [-0.4, -0.2) is 50.8 Å². The zero-order valence-electron chi connectivity index (χ0n) is 15.5. The topological polar surface area (TPSA) is 101 Å². The van der Waals surface area contributed by atoms with Crippen LogP contribution in [0.15, 0.2) is 54.9 Å². The van der Waals surface area contributed by atoms with Gasteiger partial charge in [-0.05, 0) is 41.3 Å². The summed E-state index contributed by atoms with van der Waals surface area (Å²) in [6.07, 6.45) is 7.52. The van der Waals surface area contributed by atoms with Crippen LogP contribution < -0.4 is 5.48 Å². The first-order valence-corrected chi connectivity index (χ1v) is 9.14. The van der Waals surface area contributed by atoms with E-state index in [2.05, 4.69) is 20.9 Å². The van der Waals surface area contributed by atoms with Crippen molar-refractivity contribution < 1.29 is 15.1 Å². The van der Waals surface area contributed by atoms with Gasteiger partial charge < -0.3 is 10.1 Å². The van der Waals surface area contributed by atoms with Gasteiger partial charge in [0.1, 0.15) is 5.65 Å². The molecule has 0 radical (unpaired) electrons. The number of hydroxylamine groups is 1. The molecule has 146 valence electrons. The summed E-state index contributed by atoms with van der Waals surface area (Å²) < 4.78 is 0. The van der Waals surface area contributed by atoms with Crippen LogP contribution in [0.3, 0.4) is 0 Å². The van der Waals surface area contributed by atoms with Crippen molar-refractivity contribution in [1.29, 1.82) is 0 Å². The first kappa shape index (κ1) is 19.8. The van der Waals surface area contributed by atoms with Crippen molar-refractivity contribution >= 4 is 23.0 Å². The standard InChI is InChI=1S/C21H24N4O3/c26-12-11-25(10-8-18-13-19-7-9-22-21(19)23-14-18)15-17-3-1-16(2-4-17)5-6-20(27)24-28/h1-7,9,13-14,26,28H,8,10-12,15H2,(H,22,23)(H,24,27)/b6-5+. The third kappa shape index (κ3) is 5.50. The number of hydrogen-bond acceptors (Lipinski definition) is 5. The van der Waals surface area contributed by atoms with E-state index in [1.165, 1.54) is 6.08 Å². The van der Waals surface area contributed by atoms with Gasteiger partial charge in [0.2, 0.25) is 0 Å². The number of rotatable bonds is 9. The molecule has 3 rings (SSSR count). The number of amides is 1. The van der Waals surface area contributed by atoms with Gasteiger partial charge in [-0.25, -0.2) is 10.5 Å². The van der Waals surface area contributed by atoms with Crippen molar-refractivity contribution in [3.8, 4) is 0 Å². The van der Waals surface area contributed by atoms with E-state index in [1.807, 2.05) is 42.7 Å². The summed E-state index contributed by atoms with van der Waals surface area (Å²) in [6.45, 7) is 2.24. The van der Waals surface area contributed by atoms with Crippen LogP contribution in [0.1, 0.15) is 16.7 Å². The Labute approximate surface area is 163 Å². The minimum atomic E-state index is -0.564. The number of nitrogens with one attached hydrogen (secondary N) is 2. The Hall–Kier alpha value is -3.00. The molecule has 28 heavy (non-hydrogen) atoms. The highest BCUT2D eigenvalue weighted by Gasteiger charge is 2.07. The molecule has 0 bridgehead atoms. The van der Waals surface area contributed by atoms with Gasteiger partial charge in [-0.15, -0.1) is 0 Å². The Bertz CT molecular complexity index is 934. The van der Waals surface area contributed by atoms with Gasteiger partial charge in [0.25, 0.3) is 5.91 Å². The maximum atomic E-state index is 11.0. The van der Waals surface area contributed by atoms with E-state index >= 15 is 0 Å². The maximum absolute atomic E-state index is 11.0. The third-order valence-corrected chi connectivity index (χ3v) is 4.51. The molecule has 7 nitrogen and oxygen atoms in total. The van der Waals surface area contributed by atoms with Crippen LogP contribution in [0.4, 0.5) is 0 Å². The second kappa shape index (κ2) is 9.80. The maximum Gasteiger partial charge on any atom is 0.267 e. The summed E-state index contributed by atoms with van der Waals surface area (Å²) in [5.74, 6) is -0.564. The fourth-order valence-corrected chi connectivity index (χ4v) is 3.02. The molecule has 3 aromatic rings. The molecule has 2 heterocycles. The molecule has 0 spiro atoms. The van der Waals surface area contributed by atoms with E-state index in [4.69, 9.17) is 5.21 Å². The molecular weight excluding hydrogens is 356 g/mol. The first-order valence-electron chi connectivity index (χ1n) is 9.14. The monoisotopic (exact) mass is 380 g/mol. The van der Waals surface area contributed by atoms with Gasteiger partial charge in [0.05, 0.1) is 6.61 Å². The second-order valence-electron chi connectivity index (χ2n) is 6.56. The first-order chi connectivity index (χ1) is 13.7. The van der Waals surface area contributed by atoms with Crippen molar-refractivity contribution in [2.75, 3.05) is 19.7 Å². The number of aromatic nitrogens is 2. The average molecular weight is 380 g/mol. The predicted molar refractivity (Wildman–Crippen MR) is 108 cm³/mol. The zero-order valence-corrected chi connectivity index (χ0v) is 15.5. The lowest BCUT2D eigenvalue weighted by Gasteiger charge is -2.21. The average Bonchev–Trinajstić information content (AvgIpc) is 3.19. The van der Waals surface area contributed by atoms with Crippen LogP contribution in [0, 0.1) is 0 Å². The Kier molecular flexibility index (Phi) is 6.91. The van der Waals surface area contributed by atoms with E-state index in [9.17, 15) is 9.90 Å². The van der Waals surface area contributed by atoms with E-state index in [0.717, 1.165) is 47.2 Å². The summed E-state index contributed by atoms with van der Waals surface area (Å²) in [5, 5.41) is 19.0. The van der Waals surface area contributed by atoms with Crippen molar-refractivity contribution in [1.82, 2.24) is 20.3 Å². The normalized spacial score (nSPS) is 11.5. The number of nitrogens with zero attached hydrogens (tertiary/aromatic N) is 2. The second-order valence-corrected chi connectivity index (χ2v) is 6.56. The van der Waals surface area contributed by atoms with Gasteiger partial charge in [0, 0.05) is 43.5 Å². The lowest BCUT2D eigenvalue weighted by Crippen LogP contribution is -2.28. The molecule has 0 unspecified atom stereocenters. The number of carbonyl (C=O) groups is 1. The summed E-state index contributed by atoms with van der Waals surface area (Å²) in [6, 6.07) is 12.0. The van der Waals surface area contributed by atoms with Gasteiger partial charge >= 0.3 is 0 Å². The van der Waals surface area contributed by atoms with Crippen LogP contribution in [0.2, 0.25) is 0 Å². The lowest BCUT2D eigenvalue weighted by atomic mass is 10.1. The fourth-order valence-electron chi connectivity index (χ4n) is 3.02. The van der Waals surface area contributed by atoms with Crippen molar-refractivity contribution in [3.05, 3.63) is 71.6 Å². The number of aromatic amines is 1. The molecule has 0 aliphatic carbocycles. The molecule has 0 saturated carbocycles. The van der Waals surface area contributed by atoms with Gasteiger partial charge in [-0.3, -0.25) is 14.9 Å². The summed E-state index contributed by atoms with van der Waals surface area (Å²) >= 11 is 0. The fraction of sp³-hybridized carbons (Fsp3) is 0.238. The zero-order chi connectivity index (χ0) is 19.8. The molecule has 2 aromatic heterocycles. The van der Waals surface area contributed by atoms with E-state index in [1.54, 1.807) is 11.6 Å². The minimum Gasteiger partial charge on any atom is -0.395 e. The lowest BCUT2D eigenvalue weighted by molar-refractivity contribution is -0.124. The highest BCUT2D eigenvalue weighted by molar-refractivity contribution is 5.90. The quantitative estimate of drug-likeness (QED) is 0.259. The number of hydrogen-bond donors (Lipinski definition) is 4. The summed E-state index contributed by atoms with van der Waals surface area (Å²) in [7, 11) is 0. The Morgan fingerprint density at radius 2 is 2.00 bits per heavy atom. The van der Waals surface area contributed by atoms with E-state index in [0.29, 0.717) is 6.54 Å². The molecule has 1 amide bonds. The van der Waals surface area contributed by atoms with Crippen molar-refractivity contribution in [3.63, 3.8) is 0 Å². The van der Waals surface area contributed by atoms with Gasteiger partial charge in [-0.1, -0.05) is 24.3 Å². The highest BCUT2D eigenvalue weighted by atomic mass is 16.5. The molecule has 0 fully saturated rings. The van der Waals surface area contributed by atoms with Crippen molar-refractivity contribution in [2.24, 2.45) is 0 Å².